The maximum absolute atomic E-state index is 13.6. The molecule has 0 bridgehead atoms. The van der Waals surface area contributed by atoms with Crippen LogP contribution in [0.25, 0.3) is 0 Å². The molecule has 0 aromatic carbocycles. The highest BCUT2D eigenvalue weighted by Gasteiger charge is 2.48. The lowest BCUT2D eigenvalue weighted by Crippen LogP contribution is -2.39. The number of halogens is 3. The Labute approximate surface area is 99.3 Å². The first kappa shape index (κ1) is 12.2. The van der Waals surface area contributed by atoms with Crippen LogP contribution in [0.2, 0.25) is 0 Å². The molecule has 0 unspecified atom stereocenters. The highest BCUT2D eigenvalue weighted by atomic mass is 127. The molecule has 1 heterocycles. The summed E-state index contributed by atoms with van der Waals surface area (Å²) in [5.74, 6) is -2.74. The summed E-state index contributed by atoms with van der Waals surface area (Å²) in [5, 5.41) is 7.93. The van der Waals surface area contributed by atoms with Gasteiger partial charge in [-0.15, -0.1) is 10.2 Å². The van der Waals surface area contributed by atoms with Gasteiger partial charge in [-0.3, -0.25) is 0 Å². The van der Waals surface area contributed by atoms with Crippen molar-refractivity contribution >= 4 is 33.9 Å². The summed E-state index contributed by atoms with van der Waals surface area (Å²) >= 11 is 3.20. The van der Waals surface area contributed by atoms with E-state index in [0.717, 1.165) is 0 Å². The Morgan fingerprint density at radius 3 is 2.29 bits per heavy atom. The van der Waals surface area contributed by atoms with Gasteiger partial charge in [-0.05, 0) is 36.4 Å². The van der Waals surface area contributed by atoms with Gasteiger partial charge < -0.3 is 0 Å². The van der Waals surface area contributed by atoms with Crippen molar-refractivity contribution in [2.24, 2.45) is 0 Å². The molecule has 80 valence electrons. The molecule has 0 amide bonds. The smallest absolute Gasteiger partial charge is 0.206 e. The monoisotopic (exact) mass is 332 g/mol. The van der Waals surface area contributed by atoms with Crippen LogP contribution in [0.4, 0.5) is 8.78 Å². The van der Waals surface area contributed by atoms with Gasteiger partial charge in [0.1, 0.15) is 5.01 Å². The average Bonchev–Trinajstić information content (AvgIpc) is 2.52. The Kier molecular flexibility index (Phi) is 3.45. The molecule has 0 saturated heterocycles. The molecule has 0 N–H and O–H groups in total. The summed E-state index contributed by atoms with van der Waals surface area (Å²) in [5.41, 5.74) is -1.23. The molecule has 0 atom stereocenters. The Hall–Kier alpha value is 0.150. The third kappa shape index (κ3) is 2.05. The van der Waals surface area contributed by atoms with Crippen LogP contribution in [0.5, 0.6) is 0 Å². The highest BCUT2D eigenvalue weighted by Crippen LogP contribution is 2.42. The van der Waals surface area contributed by atoms with Crippen LogP contribution < -0.4 is 0 Å². The Morgan fingerprint density at radius 1 is 1.36 bits per heavy atom. The largest absolute Gasteiger partial charge is 0.259 e. The summed E-state index contributed by atoms with van der Waals surface area (Å²) in [6.07, 6.45) is -0.184. The predicted molar refractivity (Wildman–Crippen MR) is 60.9 cm³/mol. The SMILES string of the molecule is CCC(F)(F)C(C)(C)c1nnc(I)s1. The fraction of sp³-hybridized carbons (Fsp3) is 0.750. The lowest BCUT2D eigenvalue weighted by atomic mass is 9.85. The second-order valence-corrected chi connectivity index (χ2v) is 6.27. The van der Waals surface area contributed by atoms with E-state index in [0.29, 0.717) is 8.02 Å². The quantitative estimate of drug-likeness (QED) is 0.792. The highest BCUT2D eigenvalue weighted by molar-refractivity contribution is 14.1. The molecular weight excluding hydrogens is 321 g/mol. The van der Waals surface area contributed by atoms with Crippen LogP contribution in [0.3, 0.4) is 0 Å². The normalized spacial score (nSPS) is 13.3. The maximum Gasteiger partial charge on any atom is 0.259 e. The Balaban J connectivity index is 3.07. The van der Waals surface area contributed by atoms with Crippen LogP contribution in [0, 0.1) is 3.01 Å². The van der Waals surface area contributed by atoms with Gasteiger partial charge in [0.2, 0.25) is 0 Å². The van der Waals surface area contributed by atoms with Crippen molar-refractivity contribution in [3.05, 3.63) is 8.02 Å². The van der Waals surface area contributed by atoms with Crippen molar-refractivity contribution in [2.75, 3.05) is 0 Å². The summed E-state index contributed by atoms with van der Waals surface area (Å²) in [6.45, 7) is 4.49. The molecule has 2 nitrogen and oxygen atoms in total. The molecule has 0 aliphatic heterocycles. The number of hydrogen-bond acceptors (Lipinski definition) is 3. The van der Waals surface area contributed by atoms with Gasteiger partial charge in [0.05, 0.1) is 5.41 Å². The molecular formula is C8H11F2IN2S. The molecule has 1 rings (SSSR count). The van der Waals surface area contributed by atoms with E-state index in [-0.39, 0.29) is 6.42 Å². The fourth-order valence-corrected chi connectivity index (χ4v) is 2.52. The molecule has 0 radical (unpaired) electrons. The van der Waals surface area contributed by atoms with Crippen molar-refractivity contribution in [1.29, 1.82) is 0 Å². The lowest BCUT2D eigenvalue weighted by Gasteiger charge is -2.30. The van der Waals surface area contributed by atoms with E-state index in [1.807, 2.05) is 22.6 Å². The minimum atomic E-state index is -2.74. The van der Waals surface area contributed by atoms with E-state index < -0.39 is 11.3 Å². The van der Waals surface area contributed by atoms with Gasteiger partial charge in [0.15, 0.2) is 3.01 Å². The van der Waals surface area contributed by atoms with Gasteiger partial charge in [-0.25, -0.2) is 8.78 Å². The maximum atomic E-state index is 13.6. The number of alkyl halides is 2. The van der Waals surface area contributed by atoms with Crippen molar-refractivity contribution in [2.45, 2.75) is 38.5 Å². The fourth-order valence-electron chi connectivity index (χ4n) is 1.06. The van der Waals surface area contributed by atoms with E-state index in [1.54, 1.807) is 0 Å². The average molecular weight is 332 g/mol. The first-order valence-electron chi connectivity index (χ1n) is 4.18. The van der Waals surface area contributed by atoms with E-state index in [1.165, 1.54) is 32.1 Å². The zero-order chi connectivity index (χ0) is 11.0. The third-order valence-electron chi connectivity index (χ3n) is 2.29. The summed E-state index contributed by atoms with van der Waals surface area (Å²) in [7, 11) is 0. The van der Waals surface area contributed by atoms with Crippen molar-refractivity contribution in [3.63, 3.8) is 0 Å². The first-order chi connectivity index (χ1) is 6.31. The van der Waals surface area contributed by atoms with E-state index in [9.17, 15) is 8.78 Å². The Morgan fingerprint density at radius 2 is 1.93 bits per heavy atom. The zero-order valence-corrected chi connectivity index (χ0v) is 11.1. The molecule has 0 saturated carbocycles. The van der Waals surface area contributed by atoms with E-state index >= 15 is 0 Å². The topological polar surface area (TPSA) is 25.8 Å². The van der Waals surface area contributed by atoms with Crippen LogP contribution >= 0.6 is 33.9 Å². The molecule has 1 aromatic rings. The van der Waals surface area contributed by atoms with Crippen molar-refractivity contribution in [3.8, 4) is 0 Å². The predicted octanol–water partition coefficient (Wildman–Crippen LogP) is 3.47. The number of nitrogens with zero attached hydrogens (tertiary/aromatic N) is 2. The van der Waals surface area contributed by atoms with Gasteiger partial charge in [0.25, 0.3) is 5.92 Å². The molecule has 0 aliphatic carbocycles. The van der Waals surface area contributed by atoms with Crippen LogP contribution in [-0.2, 0) is 5.41 Å². The minimum absolute atomic E-state index is 0.184. The second-order valence-electron chi connectivity index (χ2n) is 3.54. The van der Waals surface area contributed by atoms with E-state index in [4.69, 9.17) is 0 Å². The molecule has 0 aliphatic rings. The number of hydrogen-bond donors (Lipinski definition) is 0. The number of rotatable bonds is 3. The Bertz CT molecular complexity index is 325. The van der Waals surface area contributed by atoms with Crippen LogP contribution in [0.1, 0.15) is 32.2 Å². The van der Waals surface area contributed by atoms with Gasteiger partial charge in [-0.2, -0.15) is 0 Å². The summed E-state index contributed by atoms with van der Waals surface area (Å²) < 4.78 is 27.8. The molecule has 0 fully saturated rings. The van der Waals surface area contributed by atoms with Crippen molar-refractivity contribution < 1.29 is 8.78 Å². The summed E-state index contributed by atoms with van der Waals surface area (Å²) in [6, 6.07) is 0. The van der Waals surface area contributed by atoms with Gasteiger partial charge in [0, 0.05) is 6.42 Å². The minimum Gasteiger partial charge on any atom is -0.206 e. The molecule has 14 heavy (non-hydrogen) atoms. The standard InChI is InChI=1S/C8H11F2IN2S/c1-4-8(9,10)7(2,3)5-12-13-6(11)14-5/h4H2,1-3H3. The van der Waals surface area contributed by atoms with Crippen LogP contribution in [-0.4, -0.2) is 16.1 Å². The summed E-state index contributed by atoms with van der Waals surface area (Å²) in [4.78, 5) is 0. The van der Waals surface area contributed by atoms with E-state index in [2.05, 4.69) is 10.2 Å². The second kappa shape index (κ2) is 3.96. The zero-order valence-electron chi connectivity index (χ0n) is 8.14. The molecule has 1 aromatic heterocycles. The van der Waals surface area contributed by atoms with Gasteiger partial charge >= 0.3 is 0 Å². The molecule has 0 spiro atoms. The third-order valence-corrected chi connectivity index (χ3v) is 4.21. The van der Waals surface area contributed by atoms with Gasteiger partial charge in [-0.1, -0.05) is 18.3 Å². The first-order valence-corrected chi connectivity index (χ1v) is 6.08. The molecule has 6 heteroatoms. The lowest BCUT2D eigenvalue weighted by molar-refractivity contribution is -0.0685. The van der Waals surface area contributed by atoms with Crippen molar-refractivity contribution in [1.82, 2.24) is 10.2 Å². The van der Waals surface area contributed by atoms with Crippen LogP contribution in [0.15, 0.2) is 0 Å². The number of aromatic nitrogens is 2.